The Labute approximate surface area is 156 Å². The van der Waals surface area contributed by atoms with E-state index in [1.807, 2.05) is 24.3 Å². The number of fused-ring (bicyclic) bond motifs is 1. The smallest absolute Gasteiger partial charge is 0.326 e. The minimum Gasteiger partial charge on any atom is -0.480 e. The van der Waals surface area contributed by atoms with Crippen LogP contribution in [0.25, 0.3) is 10.9 Å². The topological polar surface area (TPSA) is 132 Å². The zero-order chi connectivity index (χ0) is 20.0. The van der Waals surface area contributed by atoms with Gasteiger partial charge in [-0.2, -0.15) is 0 Å². The number of para-hydroxylation sites is 1. The molecule has 2 amide bonds. The summed E-state index contributed by atoms with van der Waals surface area (Å²) in [6.07, 6.45) is 0.476. The Hall–Kier alpha value is -2.87. The summed E-state index contributed by atoms with van der Waals surface area (Å²) in [5.41, 5.74) is 4.21. The van der Waals surface area contributed by atoms with E-state index in [9.17, 15) is 19.5 Å². The van der Waals surface area contributed by atoms with Gasteiger partial charge >= 0.3 is 5.97 Å². The summed E-state index contributed by atoms with van der Waals surface area (Å²) in [6.45, 7) is 4.16. The molecule has 5 N–H and O–H groups in total. The number of hydrogen-bond donors (Lipinski definition) is 5. The molecule has 2 rings (SSSR count). The molecule has 0 saturated heterocycles. The minimum absolute atomic E-state index is 0.138. The lowest BCUT2D eigenvalue weighted by Crippen LogP contribution is -2.42. The summed E-state index contributed by atoms with van der Waals surface area (Å²) < 4.78 is 0. The fraction of sp³-hybridized carbons (Fsp3) is 0.421. The number of hydroxylamine groups is 1. The third kappa shape index (κ3) is 5.55. The van der Waals surface area contributed by atoms with Crippen molar-refractivity contribution in [1.82, 2.24) is 15.8 Å². The van der Waals surface area contributed by atoms with Crippen molar-refractivity contribution in [3.05, 3.63) is 35.5 Å². The first-order chi connectivity index (χ1) is 12.8. The molecule has 0 bridgehead atoms. The van der Waals surface area contributed by atoms with Crippen molar-refractivity contribution in [3.63, 3.8) is 0 Å². The van der Waals surface area contributed by atoms with Gasteiger partial charge in [0.05, 0.1) is 0 Å². The highest BCUT2D eigenvalue weighted by atomic mass is 16.5. The second-order valence-electron chi connectivity index (χ2n) is 6.92. The van der Waals surface area contributed by atoms with Crippen LogP contribution in [-0.2, 0) is 27.2 Å². The van der Waals surface area contributed by atoms with Crippen LogP contribution in [0.1, 0.15) is 37.9 Å². The number of aromatic amines is 1. The predicted octanol–water partition coefficient (Wildman–Crippen LogP) is 1.76. The number of carboxylic acid groups (broad SMARTS) is 1. The number of H-pyrrole nitrogens is 1. The molecule has 1 heterocycles. The van der Waals surface area contributed by atoms with Gasteiger partial charge in [0.15, 0.2) is 0 Å². The Morgan fingerprint density at radius 1 is 1.07 bits per heavy atom. The van der Waals surface area contributed by atoms with Crippen molar-refractivity contribution in [1.29, 1.82) is 0 Å². The summed E-state index contributed by atoms with van der Waals surface area (Å²) in [7, 11) is 0. The number of amides is 2. The zero-order valence-electron chi connectivity index (χ0n) is 15.4. The zero-order valence-corrected chi connectivity index (χ0v) is 15.4. The van der Waals surface area contributed by atoms with Crippen molar-refractivity contribution in [2.75, 3.05) is 0 Å². The number of aromatic nitrogens is 1. The number of hydrogen-bond acceptors (Lipinski definition) is 4. The number of carbonyl (C=O) groups excluding carboxylic acids is 2. The van der Waals surface area contributed by atoms with Gasteiger partial charge < -0.3 is 15.4 Å². The summed E-state index contributed by atoms with van der Waals surface area (Å²) in [5, 5.41) is 21.4. The number of rotatable bonds is 9. The summed E-state index contributed by atoms with van der Waals surface area (Å²) in [5.74, 6) is -2.02. The SMILES string of the molecule is CC(C)Cc1[nH]c2ccccc2c1C[C@H](NC(=O)CCC(=O)NO)C(=O)O. The molecule has 1 aromatic heterocycles. The molecule has 146 valence electrons. The molecule has 8 heteroatoms. The van der Waals surface area contributed by atoms with E-state index in [0.29, 0.717) is 5.92 Å². The molecule has 0 aliphatic heterocycles. The highest BCUT2D eigenvalue weighted by Gasteiger charge is 2.24. The second-order valence-corrected chi connectivity index (χ2v) is 6.92. The van der Waals surface area contributed by atoms with Gasteiger partial charge in [0, 0.05) is 35.9 Å². The van der Waals surface area contributed by atoms with Gasteiger partial charge in [0.25, 0.3) is 0 Å². The van der Waals surface area contributed by atoms with Gasteiger partial charge in [-0.05, 0) is 24.0 Å². The fourth-order valence-electron chi connectivity index (χ4n) is 3.03. The van der Waals surface area contributed by atoms with E-state index in [1.54, 1.807) is 0 Å². The molecule has 8 nitrogen and oxygen atoms in total. The summed E-state index contributed by atoms with van der Waals surface area (Å²) >= 11 is 0. The lowest BCUT2D eigenvalue weighted by atomic mass is 9.97. The normalized spacial score (nSPS) is 12.1. The standard InChI is InChI=1S/C19H25N3O5/c1-11(2)9-15-13(12-5-3-4-6-14(12)20-15)10-16(19(25)26)21-17(23)7-8-18(24)22-27/h3-6,11,16,20,27H,7-10H2,1-2H3,(H,21,23)(H,22,24)(H,25,26)/t16-/m0/s1. The van der Waals surface area contributed by atoms with Crippen LogP contribution in [0.5, 0.6) is 0 Å². The van der Waals surface area contributed by atoms with E-state index in [1.165, 1.54) is 5.48 Å². The highest BCUT2D eigenvalue weighted by Crippen LogP contribution is 2.26. The van der Waals surface area contributed by atoms with Gasteiger partial charge in [-0.15, -0.1) is 0 Å². The minimum atomic E-state index is -1.14. The van der Waals surface area contributed by atoms with E-state index in [0.717, 1.165) is 28.6 Å². The van der Waals surface area contributed by atoms with Crippen molar-refractivity contribution in [3.8, 4) is 0 Å². The molecule has 0 saturated carbocycles. The van der Waals surface area contributed by atoms with Crippen molar-refractivity contribution in [2.45, 2.75) is 45.6 Å². The van der Waals surface area contributed by atoms with Gasteiger partial charge in [0.1, 0.15) is 6.04 Å². The lowest BCUT2D eigenvalue weighted by Gasteiger charge is -2.16. The first-order valence-corrected chi connectivity index (χ1v) is 8.85. The average Bonchev–Trinajstić information content (AvgIpc) is 2.95. The third-order valence-corrected chi connectivity index (χ3v) is 4.26. The number of carboxylic acids is 1. The van der Waals surface area contributed by atoms with Crippen molar-refractivity contribution >= 4 is 28.7 Å². The fourth-order valence-corrected chi connectivity index (χ4v) is 3.03. The molecular weight excluding hydrogens is 350 g/mol. The van der Waals surface area contributed by atoms with Crippen LogP contribution in [0.2, 0.25) is 0 Å². The van der Waals surface area contributed by atoms with E-state index in [4.69, 9.17) is 5.21 Å². The average molecular weight is 375 g/mol. The van der Waals surface area contributed by atoms with Crippen molar-refractivity contribution in [2.24, 2.45) is 5.92 Å². The third-order valence-electron chi connectivity index (χ3n) is 4.26. The Bertz CT molecular complexity index is 828. The van der Waals surface area contributed by atoms with Crippen LogP contribution < -0.4 is 10.8 Å². The molecule has 1 aromatic carbocycles. The monoisotopic (exact) mass is 375 g/mol. The maximum Gasteiger partial charge on any atom is 0.326 e. The van der Waals surface area contributed by atoms with E-state index < -0.39 is 23.8 Å². The summed E-state index contributed by atoms with van der Waals surface area (Å²) in [4.78, 5) is 38.0. The second kappa shape index (κ2) is 9.18. The maximum atomic E-state index is 12.0. The van der Waals surface area contributed by atoms with Crippen LogP contribution in [0.15, 0.2) is 24.3 Å². The number of nitrogens with one attached hydrogen (secondary N) is 3. The van der Waals surface area contributed by atoms with Crippen LogP contribution >= 0.6 is 0 Å². The van der Waals surface area contributed by atoms with Gasteiger partial charge in [-0.1, -0.05) is 32.0 Å². The highest BCUT2D eigenvalue weighted by molar-refractivity contribution is 5.88. The number of aliphatic carboxylic acids is 1. The summed E-state index contributed by atoms with van der Waals surface area (Å²) in [6, 6.07) is 6.55. The molecule has 2 aromatic rings. The molecule has 0 aliphatic rings. The van der Waals surface area contributed by atoms with E-state index >= 15 is 0 Å². The predicted molar refractivity (Wildman–Crippen MR) is 99.3 cm³/mol. The first kappa shape index (κ1) is 20.4. The molecule has 27 heavy (non-hydrogen) atoms. The van der Waals surface area contributed by atoms with Gasteiger partial charge in [-0.25, -0.2) is 10.3 Å². The Morgan fingerprint density at radius 3 is 2.37 bits per heavy atom. The van der Waals surface area contributed by atoms with Crippen LogP contribution in [0, 0.1) is 5.92 Å². The quantitative estimate of drug-likeness (QED) is 0.337. The van der Waals surface area contributed by atoms with Gasteiger partial charge in [0.2, 0.25) is 11.8 Å². The molecule has 1 atom stereocenters. The van der Waals surface area contributed by atoms with Crippen LogP contribution in [-0.4, -0.2) is 39.1 Å². The molecular formula is C19H25N3O5. The molecule has 0 spiro atoms. The first-order valence-electron chi connectivity index (χ1n) is 8.85. The molecule has 0 aliphatic carbocycles. The van der Waals surface area contributed by atoms with E-state index in [-0.39, 0.29) is 19.3 Å². The maximum absolute atomic E-state index is 12.0. The Morgan fingerprint density at radius 2 is 1.74 bits per heavy atom. The van der Waals surface area contributed by atoms with E-state index in [2.05, 4.69) is 24.1 Å². The molecule has 0 radical (unpaired) electrons. The van der Waals surface area contributed by atoms with Gasteiger partial charge in [-0.3, -0.25) is 14.8 Å². The van der Waals surface area contributed by atoms with Crippen LogP contribution in [0.3, 0.4) is 0 Å². The Balaban J connectivity index is 2.21. The largest absolute Gasteiger partial charge is 0.480 e. The Kier molecular flexibility index (Phi) is 6.95. The number of carbonyl (C=O) groups is 3. The number of benzene rings is 1. The lowest BCUT2D eigenvalue weighted by molar-refractivity contribution is -0.141. The molecule has 0 fully saturated rings. The van der Waals surface area contributed by atoms with Crippen LogP contribution in [0.4, 0.5) is 0 Å². The van der Waals surface area contributed by atoms with Crippen molar-refractivity contribution < 1.29 is 24.7 Å². The molecule has 0 unspecified atom stereocenters.